The third kappa shape index (κ3) is 3.79. The first kappa shape index (κ1) is 17.7. The van der Waals surface area contributed by atoms with Gasteiger partial charge in [-0.25, -0.2) is 0 Å². The van der Waals surface area contributed by atoms with Crippen LogP contribution in [-0.4, -0.2) is 27.2 Å². The molecule has 5 heteroatoms. The number of aryl methyl sites for hydroxylation is 1. The Morgan fingerprint density at radius 2 is 1.67 bits per heavy atom. The molecule has 0 aromatic heterocycles. The summed E-state index contributed by atoms with van der Waals surface area (Å²) < 4.78 is 15.9. The van der Waals surface area contributed by atoms with Gasteiger partial charge in [0.15, 0.2) is 0 Å². The first-order valence-corrected chi connectivity index (χ1v) is 7.67. The minimum Gasteiger partial charge on any atom is -0.497 e. The van der Waals surface area contributed by atoms with Gasteiger partial charge in [0.05, 0.1) is 27.4 Å². The molecule has 1 amide bonds. The van der Waals surface area contributed by atoms with Crippen LogP contribution in [0.25, 0.3) is 0 Å². The van der Waals surface area contributed by atoms with Crippen LogP contribution in [-0.2, 0) is 0 Å². The summed E-state index contributed by atoms with van der Waals surface area (Å²) in [4.78, 5) is 12.5. The minimum atomic E-state index is -0.241. The highest BCUT2D eigenvalue weighted by Crippen LogP contribution is 2.29. The molecule has 0 fully saturated rings. The molecule has 1 atom stereocenters. The first-order valence-electron chi connectivity index (χ1n) is 7.67. The van der Waals surface area contributed by atoms with Crippen LogP contribution in [0.15, 0.2) is 36.4 Å². The summed E-state index contributed by atoms with van der Waals surface area (Å²) in [5, 5.41) is 2.98. The third-order valence-corrected chi connectivity index (χ3v) is 3.92. The smallest absolute Gasteiger partial charge is 0.251 e. The van der Waals surface area contributed by atoms with E-state index < -0.39 is 0 Å². The molecule has 0 saturated carbocycles. The van der Waals surface area contributed by atoms with E-state index in [0.717, 1.165) is 11.1 Å². The van der Waals surface area contributed by atoms with E-state index in [0.29, 0.717) is 22.8 Å². The van der Waals surface area contributed by atoms with Crippen LogP contribution in [0.1, 0.15) is 34.5 Å². The van der Waals surface area contributed by atoms with Crippen LogP contribution in [0.2, 0.25) is 0 Å². The summed E-state index contributed by atoms with van der Waals surface area (Å²) in [5.41, 5.74) is 2.38. The average molecular weight is 329 g/mol. The third-order valence-electron chi connectivity index (χ3n) is 3.92. The van der Waals surface area contributed by atoms with Gasteiger partial charge in [0.1, 0.15) is 17.2 Å². The molecule has 1 N–H and O–H groups in total. The number of benzene rings is 2. The molecule has 128 valence electrons. The quantitative estimate of drug-likeness (QED) is 0.881. The van der Waals surface area contributed by atoms with Crippen molar-refractivity contribution in [2.45, 2.75) is 19.9 Å². The monoisotopic (exact) mass is 329 g/mol. The number of hydrogen-bond acceptors (Lipinski definition) is 4. The predicted molar refractivity (Wildman–Crippen MR) is 93.2 cm³/mol. The van der Waals surface area contributed by atoms with Crippen LogP contribution in [0.4, 0.5) is 0 Å². The van der Waals surface area contributed by atoms with Crippen molar-refractivity contribution in [3.05, 3.63) is 53.1 Å². The number of ether oxygens (including phenoxy) is 3. The molecule has 0 heterocycles. The molecule has 0 radical (unpaired) electrons. The van der Waals surface area contributed by atoms with Crippen molar-refractivity contribution in [2.24, 2.45) is 0 Å². The maximum absolute atomic E-state index is 12.5. The van der Waals surface area contributed by atoms with E-state index in [4.69, 9.17) is 14.2 Å². The maximum Gasteiger partial charge on any atom is 0.251 e. The Hall–Kier alpha value is -2.69. The molecular weight excluding hydrogens is 306 g/mol. The standard InChI is InChI=1S/C19H23NO4/c1-12-6-7-14(10-18(12)24-5)19(21)20-13(2)16-11-15(22-3)8-9-17(16)23-4/h6-11,13H,1-5H3,(H,20,21). The van der Waals surface area contributed by atoms with Gasteiger partial charge in [-0.1, -0.05) is 6.07 Å². The van der Waals surface area contributed by atoms with Gasteiger partial charge in [-0.15, -0.1) is 0 Å². The Balaban J connectivity index is 2.23. The van der Waals surface area contributed by atoms with Crippen molar-refractivity contribution >= 4 is 5.91 Å². The van der Waals surface area contributed by atoms with Gasteiger partial charge in [-0.05, 0) is 49.7 Å². The van der Waals surface area contributed by atoms with Gasteiger partial charge in [0.2, 0.25) is 0 Å². The van der Waals surface area contributed by atoms with E-state index >= 15 is 0 Å². The molecule has 0 spiro atoms. The summed E-state index contributed by atoms with van der Waals surface area (Å²) in [7, 11) is 4.80. The molecule has 24 heavy (non-hydrogen) atoms. The second-order valence-electron chi connectivity index (χ2n) is 5.49. The number of nitrogens with one attached hydrogen (secondary N) is 1. The number of carbonyl (C=O) groups is 1. The SMILES string of the molecule is COc1ccc(OC)c(C(C)NC(=O)c2ccc(C)c(OC)c2)c1. The highest BCUT2D eigenvalue weighted by atomic mass is 16.5. The zero-order chi connectivity index (χ0) is 17.7. The van der Waals surface area contributed by atoms with E-state index in [2.05, 4.69) is 5.32 Å². The van der Waals surface area contributed by atoms with E-state index in [1.807, 2.05) is 38.1 Å². The van der Waals surface area contributed by atoms with E-state index in [9.17, 15) is 4.79 Å². The lowest BCUT2D eigenvalue weighted by Crippen LogP contribution is -2.27. The molecule has 5 nitrogen and oxygen atoms in total. The van der Waals surface area contributed by atoms with Gasteiger partial charge in [-0.2, -0.15) is 0 Å². The largest absolute Gasteiger partial charge is 0.497 e. The fourth-order valence-electron chi connectivity index (χ4n) is 2.50. The summed E-state index contributed by atoms with van der Waals surface area (Å²) in [6.45, 7) is 3.84. The molecule has 1 unspecified atom stereocenters. The highest BCUT2D eigenvalue weighted by molar-refractivity contribution is 5.95. The van der Waals surface area contributed by atoms with Crippen LogP contribution < -0.4 is 19.5 Å². The van der Waals surface area contributed by atoms with Crippen molar-refractivity contribution in [1.29, 1.82) is 0 Å². The lowest BCUT2D eigenvalue weighted by molar-refractivity contribution is 0.0939. The number of amides is 1. The normalized spacial score (nSPS) is 11.5. The Morgan fingerprint density at radius 1 is 0.958 bits per heavy atom. The lowest BCUT2D eigenvalue weighted by atomic mass is 10.1. The number of hydrogen-bond donors (Lipinski definition) is 1. The average Bonchev–Trinajstić information content (AvgIpc) is 2.61. The first-order chi connectivity index (χ1) is 11.5. The Kier molecular flexibility index (Phi) is 5.68. The molecule has 2 rings (SSSR count). The van der Waals surface area contributed by atoms with Crippen LogP contribution >= 0.6 is 0 Å². The van der Waals surface area contributed by atoms with Crippen molar-refractivity contribution in [3.63, 3.8) is 0 Å². The molecule has 2 aromatic carbocycles. The van der Waals surface area contributed by atoms with E-state index in [1.165, 1.54) is 0 Å². The minimum absolute atomic E-state index is 0.175. The Labute approximate surface area is 142 Å². The van der Waals surface area contributed by atoms with Gasteiger partial charge >= 0.3 is 0 Å². The van der Waals surface area contributed by atoms with Crippen molar-refractivity contribution < 1.29 is 19.0 Å². The Morgan fingerprint density at radius 3 is 2.29 bits per heavy atom. The molecule has 0 saturated heterocycles. The summed E-state index contributed by atoms with van der Waals surface area (Å²) in [6, 6.07) is 10.6. The molecule has 0 bridgehead atoms. The van der Waals surface area contributed by atoms with Gasteiger partial charge in [-0.3, -0.25) is 4.79 Å². The summed E-state index contributed by atoms with van der Waals surface area (Å²) in [6.07, 6.45) is 0. The van der Waals surface area contributed by atoms with E-state index in [1.54, 1.807) is 33.5 Å². The summed E-state index contributed by atoms with van der Waals surface area (Å²) >= 11 is 0. The maximum atomic E-state index is 12.5. The van der Waals surface area contributed by atoms with Crippen molar-refractivity contribution in [3.8, 4) is 17.2 Å². The van der Waals surface area contributed by atoms with E-state index in [-0.39, 0.29) is 11.9 Å². The van der Waals surface area contributed by atoms with Crippen LogP contribution in [0.3, 0.4) is 0 Å². The number of carbonyl (C=O) groups excluding carboxylic acids is 1. The van der Waals surface area contributed by atoms with Crippen molar-refractivity contribution in [1.82, 2.24) is 5.32 Å². The molecule has 0 aliphatic heterocycles. The van der Waals surface area contributed by atoms with Gasteiger partial charge in [0.25, 0.3) is 5.91 Å². The highest BCUT2D eigenvalue weighted by Gasteiger charge is 2.17. The zero-order valence-electron chi connectivity index (χ0n) is 14.7. The lowest BCUT2D eigenvalue weighted by Gasteiger charge is -2.18. The van der Waals surface area contributed by atoms with Gasteiger partial charge < -0.3 is 19.5 Å². The zero-order valence-corrected chi connectivity index (χ0v) is 14.7. The fraction of sp³-hybridized carbons (Fsp3) is 0.316. The Bertz CT molecular complexity index is 727. The molecule has 2 aromatic rings. The number of rotatable bonds is 6. The second kappa shape index (κ2) is 7.73. The second-order valence-corrected chi connectivity index (χ2v) is 5.49. The molecule has 0 aliphatic carbocycles. The molecule has 0 aliphatic rings. The van der Waals surface area contributed by atoms with Crippen LogP contribution in [0, 0.1) is 6.92 Å². The fourth-order valence-corrected chi connectivity index (χ4v) is 2.50. The predicted octanol–water partition coefficient (Wildman–Crippen LogP) is 3.51. The van der Waals surface area contributed by atoms with Crippen molar-refractivity contribution in [2.75, 3.05) is 21.3 Å². The number of methoxy groups -OCH3 is 3. The summed E-state index contributed by atoms with van der Waals surface area (Å²) in [5.74, 6) is 1.92. The van der Waals surface area contributed by atoms with Gasteiger partial charge in [0, 0.05) is 11.1 Å². The topological polar surface area (TPSA) is 56.8 Å². The molecular formula is C19H23NO4. The van der Waals surface area contributed by atoms with Crippen LogP contribution in [0.5, 0.6) is 17.2 Å².